The largest absolute Gasteiger partial charge is 0.431 e. The number of fused-ring (bicyclic) bond motifs is 1. The first kappa shape index (κ1) is 12.7. The molecule has 0 saturated carbocycles. The van der Waals surface area contributed by atoms with Crippen LogP contribution >= 0.6 is 0 Å². The smallest absolute Gasteiger partial charge is 0.311 e. The number of nitrogens with zero attached hydrogens (tertiary/aromatic N) is 4. The molecule has 0 spiro atoms. The third-order valence-electron chi connectivity index (χ3n) is 2.67. The van der Waals surface area contributed by atoms with Crippen molar-refractivity contribution in [1.29, 1.82) is 0 Å². The van der Waals surface area contributed by atoms with Crippen molar-refractivity contribution in [3.05, 3.63) is 40.6 Å². The SMILES string of the molecule is NNc1nc(Oc2ccccc2[N+](=O)[O-])c2cn[nH]c2n1. The van der Waals surface area contributed by atoms with Crippen LogP contribution in [0.25, 0.3) is 11.0 Å². The molecule has 21 heavy (non-hydrogen) atoms. The van der Waals surface area contributed by atoms with Gasteiger partial charge in [-0.15, -0.1) is 0 Å². The molecule has 4 N–H and O–H groups in total. The fourth-order valence-electron chi connectivity index (χ4n) is 1.75. The van der Waals surface area contributed by atoms with Gasteiger partial charge < -0.3 is 4.74 Å². The third-order valence-corrected chi connectivity index (χ3v) is 2.67. The highest BCUT2D eigenvalue weighted by molar-refractivity contribution is 5.81. The summed E-state index contributed by atoms with van der Waals surface area (Å²) in [5.74, 6) is 5.54. The summed E-state index contributed by atoms with van der Waals surface area (Å²) in [5, 5.41) is 17.9. The number of H-pyrrole nitrogens is 1. The van der Waals surface area contributed by atoms with Gasteiger partial charge in [-0.05, 0) is 6.07 Å². The van der Waals surface area contributed by atoms with Crippen molar-refractivity contribution >= 4 is 22.7 Å². The number of hydrogen-bond acceptors (Lipinski definition) is 8. The summed E-state index contributed by atoms with van der Waals surface area (Å²) in [6.07, 6.45) is 1.46. The number of anilines is 1. The molecule has 106 valence electrons. The predicted octanol–water partition coefficient (Wildman–Crippen LogP) is 1.34. The van der Waals surface area contributed by atoms with E-state index < -0.39 is 4.92 Å². The molecular weight excluding hydrogens is 278 g/mol. The van der Waals surface area contributed by atoms with Crippen LogP contribution in [0.3, 0.4) is 0 Å². The summed E-state index contributed by atoms with van der Waals surface area (Å²) in [7, 11) is 0. The molecule has 0 atom stereocenters. The number of rotatable bonds is 4. The van der Waals surface area contributed by atoms with Crippen molar-refractivity contribution in [2.45, 2.75) is 0 Å². The summed E-state index contributed by atoms with van der Waals surface area (Å²) >= 11 is 0. The molecule has 0 unspecified atom stereocenters. The van der Waals surface area contributed by atoms with E-state index in [0.29, 0.717) is 11.0 Å². The first-order valence-corrected chi connectivity index (χ1v) is 5.78. The lowest BCUT2D eigenvalue weighted by Gasteiger charge is -2.07. The van der Waals surface area contributed by atoms with Gasteiger partial charge in [0.25, 0.3) is 0 Å². The standard InChI is InChI=1S/C11H9N7O3/c12-16-11-14-9-6(5-13-17-9)10(15-11)21-8-4-2-1-3-7(8)18(19)20/h1-5H,12H2,(H2,13,14,15,16,17). The number of aromatic nitrogens is 4. The molecule has 10 heteroatoms. The van der Waals surface area contributed by atoms with Crippen molar-refractivity contribution < 1.29 is 9.66 Å². The molecule has 3 rings (SSSR count). The zero-order valence-corrected chi connectivity index (χ0v) is 10.5. The Morgan fingerprint density at radius 2 is 2.14 bits per heavy atom. The molecule has 0 aliphatic rings. The Bertz CT molecular complexity index is 816. The number of hydrazine groups is 1. The van der Waals surface area contributed by atoms with E-state index in [1.54, 1.807) is 12.1 Å². The molecule has 0 aliphatic heterocycles. The third kappa shape index (κ3) is 2.30. The minimum atomic E-state index is -0.537. The number of ether oxygens (including phenoxy) is 1. The van der Waals surface area contributed by atoms with E-state index in [2.05, 4.69) is 25.6 Å². The first-order valence-electron chi connectivity index (χ1n) is 5.78. The van der Waals surface area contributed by atoms with Crippen LogP contribution < -0.4 is 16.0 Å². The zero-order valence-electron chi connectivity index (χ0n) is 10.5. The number of nitro benzene ring substituents is 1. The van der Waals surface area contributed by atoms with Crippen LogP contribution in [0.2, 0.25) is 0 Å². The zero-order chi connectivity index (χ0) is 14.8. The maximum absolute atomic E-state index is 11.0. The minimum absolute atomic E-state index is 0.0617. The average Bonchev–Trinajstić information content (AvgIpc) is 2.96. The van der Waals surface area contributed by atoms with Crippen LogP contribution in [0.1, 0.15) is 0 Å². The molecule has 3 aromatic rings. The van der Waals surface area contributed by atoms with Crippen LogP contribution in [-0.2, 0) is 0 Å². The highest BCUT2D eigenvalue weighted by Gasteiger charge is 2.18. The van der Waals surface area contributed by atoms with E-state index >= 15 is 0 Å². The van der Waals surface area contributed by atoms with E-state index in [4.69, 9.17) is 10.6 Å². The van der Waals surface area contributed by atoms with Gasteiger partial charge in [-0.2, -0.15) is 15.1 Å². The van der Waals surface area contributed by atoms with Gasteiger partial charge in [0, 0.05) is 6.07 Å². The van der Waals surface area contributed by atoms with Gasteiger partial charge in [0.1, 0.15) is 5.39 Å². The Labute approximate surface area is 117 Å². The monoisotopic (exact) mass is 287 g/mol. The number of hydrogen-bond donors (Lipinski definition) is 3. The number of nitrogens with one attached hydrogen (secondary N) is 2. The maximum atomic E-state index is 11.0. The summed E-state index contributed by atoms with van der Waals surface area (Å²) in [6.45, 7) is 0. The number of nitrogens with two attached hydrogens (primary N) is 1. The van der Waals surface area contributed by atoms with Gasteiger partial charge in [-0.25, -0.2) is 5.84 Å². The van der Waals surface area contributed by atoms with E-state index in [-0.39, 0.29) is 23.3 Å². The number of nitro groups is 1. The van der Waals surface area contributed by atoms with Crippen LogP contribution in [0, 0.1) is 10.1 Å². The lowest BCUT2D eigenvalue weighted by molar-refractivity contribution is -0.385. The number of benzene rings is 1. The summed E-state index contributed by atoms with van der Waals surface area (Å²) < 4.78 is 5.54. The van der Waals surface area contributed by atoms with Gasteiger partial charge in [0.15, 0.2) is 5.65 Å². The topological polar surface area (TPSA) is 145 Å². The van der Waals surface area contributed by atoms with Gasteiger partial charge in [0.2, 0.25) is 17.6 Å². The second kappa shape index (κ2) is 5.02. The fraction of sp³-hybridized carbons (Fsp3) is 0. The van der Waals surface area contributed by atoms with Crippen molar-refractivity contribution in [1.82, 2.24) is 20.2 Å². The van der Waals surface area contributed by atoms with Gasteiger partial charge in [-0.3, -0.25) is 20.6 Å². The normalized spacial score (nSPS) is 10.5. The number of nitrogen functional groups attached to an aromatic ring is 1. The molecule has 0 saturated heterocycles. The summed E-state index contributed by atoms with van der Waals surface area (Å²) in [6, 6.07) is 5.98. The second-order valence-corrected chi connectivity index (χ2v) is 3.96. The molecule has 1 aromatic carbocycles. The lowest BCUT2D eigenvalue weighted by atomic mass is 10.3. The molecule has 0 fully saturated rings. The maximum Gasteiger partial charge on any atom is 0.311 e. The van der Waals surface area contributed by atoms with Gasteiger partial charge in [0.05, 0.1) is 11.1 Å². The quantitative estimate of drug-likeness (QED) is 0.370. The van der Waals surface area contributed by atoms with E-state index in [1.165, 1.54) is 18.3 Å². The van der Waals surface area contributed by atoms with Crippen molar-refractivity contribution in [2.75, 3.05) is 5.43 Å². The highest BCUT2D eigenvalue weighted by atomic mass is 16.6. The Kier molecular flexibility index (Phi) is 3.04. The van der Waals surface area contributed by atoms with E-state index in [1.807, 2.05) is 0 Å². The van der Waals surface area contributed by atoms with Crippen LogP contribution in [-0.4, -0.2) is 25.1 Å². The Morgan fingerprint density at radius 3 is 2.90 bits per heavy atom. The van der Waals surface area contributed by atoms with Crippen LogP contribution in [0.15, 0.2) is 30.5 Å². The number of aromatic amines is 1. The molecule has 0 aliphatic carbocycles. The molecule has 0 radical (unpaired) electrons. The summed E-state index contributed by atoms with van der Waals surface area (Å²) in [4.78, 5) is 18.5. The van der Waals surface area contributed by atoms with Crippen molar-refractivity contribution in [3.8, 4) is 11.6 Å². The minimum Gasteiger partial charge on any atom is -0.431 e. The molecule has 2 heterocycles. The van der Waals surface area contributed by atoms with Crippen molar-refractivity contribution in [3.63, 3.8) is 0 Å². The lowest BCUT2D eigenvalue weighted by Crippen LogP contribution is -2.11. The Morgan fingerprint density at radius 1 is 1.33 bits per heavy atom. The van der Waals surface area contributed by atoms with E-state index in [9.17, 15) is 10.1 Å². The molecular formula is C11H9N7O3. The van der Waals surface area contributed by atoms with Gasteiger partial charge >= 0.3 is 5.69 Å². The van der Waals surface area contributed by atoms with E-state index in [0.717, 1.165) is 0 Å². The highest BCUT2D eigenvalue weighted by Crippen LogP contribution is 2.33. The van der Waals surface area contributed by atoms with Crippen LogP contribution in [0.4, 0.5) is 11.6 Å². The van der Waals surface area contributed by atoms with Crippen molar-refractivity contribution in [2.24, 2.45) is 5.84 Å². The Balaban J connectivity index is 2.10. The number of para-hydroxylation sites is 2. The molecule has 2 aromatic heterocycles. The van der Waals surface area contributed by atoms with Crippen LogP contribution in [0.5, 0.6) is 11.6 Å². The fourth-order valence-corrected chi connectivity index (χ4v) is 1.75. The predicted molar refractivity (Wildman–Crippen MR) is 72.7 cm³/mol. The second-order valence-electron chi connectivity index (χ2n) is 3.96. The average molecular weight is 287 g/mol. The van der Waals surface area contributed by atoms with Gasteiger partial charge in [-0.1, -0.05) is 12.1 Å². The molecule has 0 amide bonds. The summed E-state index contributed by atoms with van der Waals surface area (Å²) in [5.41, 5.74) is 2.51. The Hall–Kier alpha value is -3.27. The first-order chi connectivity index (χ1) is 10.2. The molecule has 0 bridgehead atoms. The molecule has 10 nitrogen and oxygen atoms in total.